The van der Waals surface area contributed by atoms with Crippen molar-refractivity contribution in [2.45, 2.75) is 25.8 Å². The van der Waals surface area contributed by atoms with E-state index < -0.39 is 6.04 Å². The zero-order valence-corrected chi connectivity index (χ0v) is 12.5. The van der Waals surface area contributed by atoms with Crippen LogP contribution in [0.3, 0.4) is 0 Å². The van der Waals surface area contributed by atoms with Gasteiger partial charge in [0.15, 0.2) is 0 Å². The maximum Gasteiger partial charge on any atom is 0.270 e. The number of nitrogens with zero attached hydrogens (tertiary/aromatic N) is 2. The van der Waals surface area contributed by atoms with Crippen LogP contribution in [-0.2, 0) is 0 Å². The Kier molecular flexibility index (Phi) is 4.61. The molecule has 1 heterocycles. The molecule has 0 aliphatic heterocycles. The quantitative estimate of drug-likeness (QED) is 0.910. The number of carbonyl (C=O) groups is 1. The largest absolute Gasteiger partial charge is 0.338 e. The van der Waals surface area contributed by atoms with E-state index in [1.54, 1.807) is 24.3 Å². The molecule has 1 amide bonds. The molecule has 21 heavy (non-hydrogen) atoms. The Morgan fingerprint density at radius 2 is 2.24 bits per heavy atom. The van der Waals surface area contributed by atoms with Crippen molar-refractivity contribution in [2.24, 2.45) is 0 Å². The Morgan fingerprint density at radius 3 is 2.81 bits per heavy atom. The molecule has 2 rings (SSSR count). The van der Waals surface area contributed by atoms with Crippen LogP contribution in [-0.4, -0.2) is 15.9 Å². The summed E-state index contributed by atoms with van der Waals surface area (Å²) in [5.41, 5.74) is 0.975. The third kappa shape index (κ3) is 3.61. The molecule has 2 N–H and O–H groups in total. The normalized spacial score (nSPS) is 12.0. The number of imidazole rings is 1. The van der Waals surface area contributed by atoms with E-state index in [9.17, 15) is 10.1 Å². The molecule has 0 spiro atoms. The van der Waals surface area contributed by atoms with Crippen LogP contribution in [0.25, 0.3) is 0 Å². The van der Waals surface area contributed by atoms with Gasteiger partial charge in [0, 0.05) is 10.9 Å². The van der Waals surface area contributed by atoms with Gasteiger partial charge in [0.2, 0.25) is 0 Å². The lowest BCUT2D eigenvalue weighted by Crippen LogP contribution is -2.27. The first-order chi connectivity index (χ1) is 10.0. The van der Waals surface area contributed by atoms with Gasteiger partial charge >= 0.3 is 0 Å². The number of hydrogen-bond acceptors (Lipinski definition) is 3. The van der Waals surface area contributed by atoms with Gasteiger partial charge in [0.25, 0.3) is 5.91 Å². The SMILES string of the molecule is CC(C)c1ncc(C(=O)NC(C#N)c2cccc(Cl)c2)[nH]1. The molecule has 1 atom stereocenters. The van der Waals surface area contributed by atoms with E-state index in [1.165, 1.54) is 6.20 Å². The van der Waals surface area contributed by atoms with Crippen molar-refractivity contribution in [3.63, 3.8) is 0 Å². The number of nitrogens with one attached hydrogen (secondary N) is 2. The summed E-state index contributed by atoms with van der Waals surface area (Å²) in [6.45, 7) is 3.95. The molecule has 0 saturated heterocycles. The van der Waals surface area contributed by atoms with Crippen LogP contribution < -0.4 is 5.32 Å². The predicted molar refractivity (Wildman–Crippen MR) is 79.9 cm³/mol. The maximum atomic E-state index is 12.1. The molecule has 0 bridgehead atoms. The maximum absolute atomic E-state index is 12.1. The zero-order chi connectivity index (χ0) is 15.4. The average molecular weight is 303 g/mol. The summed E-state index contributed by atoms with van der Waals surface area (Å²) in [6.07, 6.45) is 1.47. The van der Waals surface area contributed by atoms with Gasteiger partial charge in [-0.15, -0.1) is 0 Å². The van der Waals surface area contributed by atoms with Crippen LogP contribution in [0.4, 0.5) is 0 Å². The van der Waals surface area contributed by atoms with E-state index in [-0.39, 0.29) is 11.8 Å². The van der Waals surface area contributed by atoms with Gasteiger partial charge in [-0.2, -0.15) is 5.26 Å². The molecule has 6 heteroatoms. The molecular formula is C15H15ClN4O. The van der Waals surface area contributed by atoms with Crippen LogP contribution in [0.2, 0.25) is 5.02 Å². The molecule has 108 valence electrons. The third-order valence-electron chi connectivity index (χ3n) is 2.97. The lowest BCUT2D eigenvalue weighted by molar-refractivity contribution is 0.0940. The lowest BCUT2D eigenvalue weighted by atomic mass is 10.1. The molecule has 1 aromatic heterocycles. The number of aromatic amines is 1. The van der Waals surface area contributed by atoms with Gasteiger partial charge in [-0.3, -0.25) is 4.79 Å². The number of nitriles is 1. The van der Waals surface area contributed by atoms with Crippen LogP contribution >= 0.6 is 11.6 Å². The highest BCUT2D eigenvalue weighted by atomic mass is 35.5. The van der Waals surface area contributed by atoms with Crippen molar-refractivity contribution >= 4 is 17.5 Å². The van der Waals surface area contributed by atoms with Crippen LogP contribution in [0.5, 0.6) is 0 Å². The first kappa shape index (κ1) is 15.1. The fraction of sp³-hybridized carbons (Fsp3) is 0.267. The van der Waals surface area contributed by atoms with Crippen LogP contribution in [0.15, 0.2) is 30.5 Å². The van der Waals surface area contributed by atoms with Gasteiger partial charge in [0.05, 0.1) is 12.3 Å². The van der Waals surface area contributed by atoms with E-state index in [2.05, 4.69) is 21.4 Å². The Labute approximate surface area is 128 Å². The fourth-order valence-electron chi connectivity index (χ4n) is 1.83. The molecule has 1 aromatic carbocycles. The Bertz CT molecular complexity index is 687. The van der Waals surface area contributed by atoms with E-state index >= 15 is 0 Å². The van der Waals surface area contributed by atoms with Crippen molar-refractivity contribution in [2.75, 3.05) is 0 Å². The number of H-pyrrole nitrogens is 1. The number of rotatable bonds is 4. The topological polar surface area (TPSA) is 81.6 Å². The zero-order valence-electron chi connectivity index (χ0n) is 11.7. The number of amides is 1. The minimum absolute atomic E-state index is 0.200. The van der Waals surface area contributed by atoms with Crippen LogP contribution in [0, 0.1) is 11.3 Å². The number of hydrogen-bond donors (Lipinski definition) is 2. The van der Waals surface area contributed by atoms with Crippen molar-refractivity contribution in [3.8, 4) is 6.07 Å². The molecule has 0 saturated carbocycles. The first-order valence-corrected chi connectivity index (χ1v) is 6.90. The standard InChI is InChI=1S/C15H15ClN4O/c1-9(2)14-18-8-13(19-14)15(21)20-12(7-17)10-4-3-5-11(16)6-10/h3-6,8-9,12H,1-2H3,(H,18,19)(H,20,21). The Morgan fingerprint density at radius 1 is 1.48 bits per heavy atom. The monoisotopic (exact) mass is 302 g/mol. The molecule has 0 fully saturated rings. The van der Waals surface area contributed by atoms with Gasteiger partial charge in [0.1, 0.15) is 17.6 Å². The molecule has 0 radical (unpaired) electrons. The second-order valence-electron chi connectivity index (χ2n) is 4.93. The fourth-order valence-corrected chi connectivity index (χ4v) is 2.03. The summed E-state index contributed by atoms with van der Waals surface area (Å²) >= 11 is 5.90. The number of benzene rings is 1. The van der Waals surface area contributed by atoms with Gasteiger partial charge in [-0.25, -0.2) is 4.98 Å². The summed E-state index contributed by atoms with van der Waals surface area (Å²) in [4.78, 5) is 19.2. The smallest absolute Gasteiger partial charge is 0.270 e. The molecule has 1 unspecified atom stereocenters. The van der Waals surface area contributed by atoms with Crippen molar-refractivity contribution in [1.82, 2.24) is 15.3 Å². The van der Waals surface area contributed by atoms with Crippen molar-refractivity contribution in [1.29, 1.82) is 5.26 Å². The molecule has 5 nitrogen and oxygen atoms in total. The molecule has 2 aromatic rings. The van der Waals surface area contributed by atoms with E-state index in [0.29, 0.717) is 16.3 Å². The Balaban J connectivity index is 2.15. The summed E-state index contributed by atoms with van der Waals surface area (Å²) in [5.74, 6) is 0.559. The number of halogens is 1. The van der Waals surface area contributed by atoms with Crippen molar-refractivity contribution < 1.29 is 4.79 Å². The summed E-state index contributed by atoms with van der Waals surface area (Å²) in [7, 11) is 0. The molecule has 0 aliphatic rings. The minimum Gasteiger partial charge on any atom is -0.338 e. The Hall–Kier alpha value is -2.32. The highest BCUT2D eigenvalue weighted by molar-refractivity contribution is 6.30. The number of carbonyl (C=O) groups excluding carboxylic acids is 1. The van der Waals surface area contributed by atoms with Crippen LogP contribution in [0.1, 0.15) is 47.7 Å². The third-order valence-corrected chi connectivity index (χ3v) is 3.21. The average Bonchev–Trinajstić information content (AvgIpc) is 2.94. The highest BCUT2D eigenvalue weighted by Gasteiger charge is 2.17. The van der Waals surface area contributed by atoms with Gasteiger partial charge in [-0.05, 0) is 17.7 Å². The molecule has 0 aliphatic carbocycles. The minimum atomic E-state index is -0.762. The second-order valence-corrected chi connectivity index (χ2v) is 5.36. The van der Waals surface area contributed by atoms with Gasteiger partial charge in [-0.1, -0.05) is 37.6 Å². The summed E-state index contributed by atoms with van der Waals surface area (Å²) < 4.78 is 0. The van der Waals surface area contributed by atoms with E-state index in [0.717, 1.165) is 5.82 Å². The second kappa shape index (κ2) is 6.42. The highest BCUT2D eigenvalue weighted by Crippen LogP contribution is 2.18. The predicted octanol–water partition coefficient (Wildman–Crippen LogP) is 3.18. The van der Waals surface area contributed by atoms with E-state index in [4.69, 9.17) is 11.6 Å². The van der Waals surface area contributed by atoms with E-state index in [1.807, 2.05) is 13.8 Å². The van der Waals surface area contributed by atoms with Gasteiger partial charge < -0.3 is 10.3 Å². The lowest BCUT2D eigenvalue weighted by Gasteiger charge is -2.11. The summed E-state index contributed by atoms with van der Waals surface area (Å²) in [5, 5.41) is 12.4. The first-order valence-electron chi connectivity index (χ1n) is 6.52. The number of aromatic nitrogens is 2. The summed E-state index contributed by atoms with van der Waals surface area (Å²) in [6, 6.07) is 8.14. The molecular weight excluding hydrogens is 288 g/mol. The van der Waals surface area contributed by atoms with Crippen molar-refractivity contribution in [3.05, 3.63) is 52.6 Å².